The average molecular weight is 463 g/mol. The van der Waals surface area contributed by atoms with Crippen molar-refractivity contribution in [1.29, 1.82) is 0 Å². The van der Waals surface area contributed by atoms with E-state index in [1.807, 2.05) is 47.8 Å². The van der Waals surface area contributed by atoms with E-state index in [4.69, 9.17) is 16.3 Å². The fraction of sp³-hybridized carbons (Fsp3) is 0.0417. The van der Waals surface area contributed by atoms with Crippen molar-refractivity contribution in [3.05, 3.63) is 94.3 Å². The molecule has 2 N–H and O–H groups in total. The van der Waals surface area contributed by atoms with Crippen LogP contribution >= 0.6 is 22.9 Å². The zero-order valence-corrected chi connectivity index (χ0v) is 18.7. The van der Waals surface area contributed by atoms with Gasteiger partial charge in [0.15, 0.2) is 5.13 Å². The van der Waals surface area contributed by atoms with Gasteiger partial charge >= 0.3 is 0 Å². The molecule has 0 saturated carbocycles. The molecule has 0 fully saturated rings. The maximum absolute atomic E-state index is 12.4. The van der Waals surface area contributed by atoms with Gasteiger partial charge in [-0.1, -0.05) is 41.9 Å². The molecule has 0 bridgehead atoms. The molecule has 0 radical (unpaired) electrons. The number of methoxy groups -OCH3 is 1. The highest BCUT2D eigenvalue weighted by molar-refractivity contribution is 7.14. The van der Waals surface area contributed by atoms with Gasteiger partial charge in [0.1, 0.15) is 5.75 Å². The van der Waals surface area contributed by atoms with Gasteiger partial charge in [-0.2, -0.15) is 5.10 Å². The van der Waals surface area contributed by atoms with Gasteiger partial charge in [0.2, 0.25) is 0 Å². The van der Waals surface area contributed by atoms with Gasteiger partial charge in [-0.15, -0.1) is 11.3 Å². The van der Waals surface area contributed by atoms with Gasteiger partial charge < -0.3 is 10.1 Å². The van der Waals surface area contributed by atoms with Crippen LogP contribution in [0.25, 0.3) is 11.3 Å². The van der Waals surface area contributed by atoms with Crippen LogP contribution in [0.15, 0.2) is 83.3 Å². The lowest BCUT2D eigenvalue weighted by atomic mass is 10.1. The molecule has 32 heavy (non-hydrogen) atoms. The van der Waals surface area contributed by atoms with Gasteiger partial charge in [-0.25, -0.2) is 10.4 Å². The van der Waals surface area contributed by atoms with E-state index in [1.165, 1.54) is 17.6 Å². The topological polar surface area (TPSA) is 75.6 Å². The van der Waals surface area contributed by atoms with Gasteiger partial charge in [0, 0.05) is 32.8 Å². The van der Waals surface area contributed by atoms with Gasteiger partial charge in [-0.3, -0.25) is 4.79 Å². The van der Waals surface area contributed by atoms with E-state index in [0.29, 0.717) is 21.9 Å². The minimum absolute atomic E-state index is 0.321. The molecule has 0 saturated heterocycles. The summed E-state index contributed by atoms with van der Waals surface area (Å²) in [6.45, 7) is 0. The molecule has 6 nitrogen and oxygen atoms in total. The molecule has 1 aromatic heterocycles. The number of carbonyl (C=O) groups is 1. The number of hydrogen-bond acceptors (Lipinski definition) is 6. The second-order valence-corrected chi connectivity index (χ2v) is 7.99. The molecule has 160 valence electrons. The van der Waals surface area contributed by atoms with E-state index in [1.54, 1.807) is 37.4 Å². The third kappa shape index (κ3) is 5.32. The molecule has 8 heteroatoms. The Hall–Kier alpha value is -3.68. The Morgan fingerprint density at radius 3 is 2.62 bits per heavy atom. The molecule has 1 amide bonds. The second kappa shape index (κ2) is 10.1. The molecule has 0 aliphatic rings. The molecular weight excluding hydrogens is 444 g/mol. The third-order valence-electron chi connectivity index (χ3n) is 4.53. The summed E-state index contributed by atoms with van der Waals surface area (Å²) in [6, 6.07) is 22.2. The van der Waals surface area contributed by atoms with Crippen molar-refractivity contribution in [1.82, 2.24) is 10.4 Å². The highest BCUT2D eigenvalue weighted by Crippen LogP contribution is 2.27. The predicted octanol–water partition coefficient (Wildman–Crippen LogP) is 5.98. The highest BCUT2D eigenvalue weighted by Gasteiger charge is 2.08. The lowest BCUT2D eigenvalue weighted by Gasteiger charge is -2.05. The number of hydrogen-bond donors (Lipinski definition) is 2. The standard InChI is InChI=1S/C24H19ClN4O2S/c1-31-22-12-11-19(25)13-18(22)14-26-29-23(30)17-9-7-16(8-10-17)21-15-32-24(28-21)27-20-5-3-2-4-6-20/h2-15H,1H3,(H,27,28)(H,29,30)/b26-14-. The molecule has 4 aromatic rings. The zero-order chi connectivity index (χ0) is 22.3. The smallest absolute Gasteiger partial charge is 0.271 e. The summed E-state index contributed by atoms with van der Waals surface area (Å²) >= 11 is 7.53. The van der Waals surface area contributed by atoms with Gasteiger partial charge in [0.05, 0.1) is 19.0 Å². The van der Waals surface area contributed by atoms with Crippen LogP contribution in [0.1, 0.15) is 15.9 Å². The van der Waals surface area contributed by atoms with E-state index in [9.17, 15) is 4.79 Å². The maximum Gasteiger partial charge on any atom is 0.271 e. The first-order valence-electron chi connectivity index (χ1n) is 9.67. The fourth-order valence-electron chi connectivity index (χ4n) is 2.93. The number of ether oxygens (including phenoxy) is 1. The Kier molecular flexibility index (Phi) is 6.79. The van der Waals surface area contributed by atoms with Crippen LogP contribution in [0.5, 0.6) is 5.75 Å². The molecule has 4 rings (SSSR count). The zero-order valence-electron chi connectivity index (χ0n) is 17.1. The summed E-state index contributed by atoms with van der Waals surface area (Å²) < 4.78 is 5.26. The minimum Gasteiger partial charge on any atom is -0.496 e. The molecule has 0 aliphatic carbocycles. The largest absolute Gasteiger partial charge is 0.496 e. The Morgan fingerprint density at radius 2 is 1.88 bits per heavy atom. The van der Waals surface area contributed by atoms with Crippen LogP contribution < -0.4 is 15.5 Å². The number of halogens is 1. The van der Waals surface area contributed by atoms with E-state index in [2.05, 4.69) is 20.8 Å². The number of rotatable bonds is 7. The number of amides is 1. The van der Waals surface area contributed by atoms with E-state index >= 15 is 0 Å². The molecule has 3 aromatic carbocycles. The molecule has 0 unspecified atom stereocenters. The van der Waals surface area contributed by atoms with Crippen molar-refractivity contribution in [2.24, 2.45) is 5.10 Å². The SMILES string of the molecule is COc1ccc(Cl)cc1/C=N\NC(=O)c1ccc(-c2csc(Nc3ccccc3)n2)cc1. The number of nitrogens with zero attached hydrogens (tertiary/aromatic N) is 2. The Bertz CT molecular complexity index is 1240. The first-order valence-corrected chi connectivity index (χ1v) is 10.9. The molecule has 0 atom stereocenters. The van der Waals surface area contributed by atoms with Crippen LogP contribution in [0.3, 0.4) is 0 Å². The van der Waals surface area contributed by atoms with Crippen LogP contribution in [0, 0.1) is 0 Å². The number of thiazole rings is 1. The van der Waals surface area contributed by atoms with Crippen molar-refractivity contribution in [3.63, 3.8) is 0 Å². The first-order chi connectivity index (χ1) is 15.6. The fourth-order valence-corrected chi connectivity index (χ4v) is 3.85. The van der Waals surface area contributed by atoms with Crippen LogP contribution in [-0.2, 0) is 0 Å². The highest BCUT2D eigenvalue weighted by atomic mass is 35.5. The number of nitrogens with one attached hydrogen (secondary N) is 2. The van der Waals surface area contributed by atoms with Gasteiger partial charge in [-0.05, 0) is 42.5 Å². The van der Waals surface area contributed by atoms with Crippen LogP contribution in [0.4, 0.5) is 10.8 Å². The predicted molar refractivity (Wildman–Crippen MR) is 130 cm³/mol. The third-order valence-corrected chi connectivity index (χ3v) is 5.53. The quantitative estimate of drug-likeness (QED) is 0.261. The second-order valence-electron chi connectivity index (χ2n) is 6.69. The van der Waals surface area contributed by atoms with Crippen LogP contribution in [-0.4, -0.2) is 24.2 Å². The Balaban J connectivity index is 1.39. The molecular formula is C24H19ClN4O2S. The number of hydrazone groups is 1. The van der Waals surface area contributed by atoms with E-state index < -0.39 is 0 Å². The molecule has 1 heterocycles. The summed E-state index contributed by atoms with van der Waals surface area (Å²) in [6.07, 6.45) is 1.49. The number of anilines is 2. The lowest BCUT2D eigenvalue weighted by Crippen LogP contribution is -2.17. The number of para-hydroxylation sites is 1. The van der Waals surface area contributed by atoms with Crippen molar-refractivity contribution in [2.45, 2.75) is 0 Å². The number of aromatic nitrogens is 1. The Morgan fingerprint density at radius 1 is 1.09 bits per heavy atom. The Labute approximate surface area is 194 Å². The summed E-state index contributed by atoms with van der Waals surface area (Å²) in [5, 5.41) is 10.6. The summed E-state index contributed by atoms with van der Waals surface area (Å²) in [5.74, 6) is 0.291. The first kappa shape index (κ1) is 21.5. The normalized spacial score (nSPS) is 10.8. The summed E-state index contributed by atoms with van der Waals surface area (Å²) in [5.41, 5.74) is 6.42. The van der Waals surface area contributed by atoms with Crippen molar-refractivity contribution in [2.75, 3.05) is 12.4 Å². The van der Waals surface area contributed by atoms with E-state index in [0.717, 1.165) is 22.1 Å². The lowest BCUT2D eigenvalue weighted by molar-refractivity contribution is 0.0955. The summed E-state index contributed by atoms with van der Waals surface area (Å²) in [7, 11) is 1.56. The summed E-state index contributed by atoms with van der Waals surface area (Å²) in [4.78, 5) is 17.0. The maximum atomic E-state index is 12.4. The van der Waals surface area contributed by atoms with Crippen LogP contribution in [0.2, 0.25) is 5.02 Å². The minimum atomic E-state index is -0.321. The van der Waals surface area contributed by atoms with Crippen molar-refractivity contribution in [3.8, 4) is 17.0 Å². The molecule has 0 spiro atoms. The van der Waals surface area contributed by atoms with Crippen molar-refractivity contribution >= 4 is 45.9 Å². The van der Waals surface area contributed by atoms with Crippen molar-refractivity contribution < 1.29 is 9.53 Å². The number of carbonyl (C=O) groups excluding carboxylic acids is 1. The number of benzene rings is 3. The van der Waals surface area contributed by atoms with Gasteiger partial charge in [0.25, 0.3) is 5.91 Å². The average Bonchev–Trinajstić information content (AvgIpc) is 3.28. The molecule has 0 aliphatic heterocycles. The monoisotopic (exact) mass is 462 g/mol. The van der Waals surface area contributed by atoms with E-state index in [-0.39, 0.29) is 5.91 Å².